The molecule has 0 aliphatic carbocycles. The van der Waals surface area contributed by atoms with E-state index < -0.39 is 0 Å². The molecule has 0 spiro atoms. The van der Waals surface area contributed by atoms with Crippen molar-refractivity contribution < 1.29 is 9.21 Å². The molecular weight excluding hydrogens is 292 g/mol. The number of furan rings is 1. The summed E-state index contributed by atoms with van der Waals surface area (Å²) in [4.78, 5) is 21.4. The average molecular weight is 312 g/mol. The Balaban J connectivity index is 1.94. The third-order valence-electron chi connectivity index (χ3n) is 3.73. The summed E-state index contributed by atoms with van der Waals surface area (Å²) in [6.07, 6.45) is 4.02. The highest BCUT2D eigenvalue weighted by molar-refractivity contribution is 5.91. The number of nitrogens with one attached hydrogen (secondary N) is 1. The number of aryl methyl sites for hydroxylation is 1. The van der Waals surface area contributed by atoms with Gasteiger partial charge in [-0.1, -0.05) is 13.8 Å². The van der Waals surface area contributed by atoms with E-state index in [0.29, 0.717) is 11.7 Å². The van der Waals surface area contributed by atoms with E-state index in [4.69, 9.17) is 4.42 Å². The molecule has 3 heterocycles. The smallest absolute Gasteiger partial charge is 0.287 e. The first-order chi connectivity index (χ1) is 11.1. The lowest BCUT2D eigenvalue weighted by Gasteiger charge is -2.19. The van der Waals surface area contributed by atoms with Gasteiger partial charge in [-0.25, -0.2) is 9.97 Å². The van der Waals surface area contributed by atoms with Gasteiger partial charge in [-0.15, -0.1) is 0 Å². The highest BCUT2D eigenvalue weighted by atomic mass is 16.3. The average Bonchev–Trinajstić information content (AvgIpc) is 3.15. The predicted octanol–water partition coefficient (Wildman–Crippen LogP) is 3.08. The number of amides is 1. The summed E-state index contributed by atoms with van der Waals surface area (Å²) < 4.78 is 7.11. The lowest BCUT2D eigenvalue weighted by molar-refractivity contribution is 0.0901. The number of nitrogens with zero attached hydrogens (tertiary/aromatic N) is 3. The number of rotatable bonds is 5. The van der Waals surface area contributed by atoms with Gasteiger partial charge in [0.15, 0.2) is 11.4 Å². The van der Waals surface area contributed by atoms with Crippen LogP contribution in [0.3, 0.4) is 0 Å². The molecule has 1 N–H and O–H groups in total. The second kappa shape index (κ2) is 6.24. The van der Waals surface area contributed by atoms with Crippen molar-refractivity contribution in [2.24, 2.45) is 13.0 Å². The van der Waals surface area contributed by atoms with Crippen LogP contribution < -0.4 is 5.32 Å². The fourth-order valence-electron chi connectivity index (χ4n) is 2.69. The molecule has 23 heavy (non-hydrogen) atoms. The molecule has 0 bridgehead atoms. The minimum atomic E-state index is -0.235. The van der Waals surface area contributed by atoms with Gasteiger partial charge < -0.3 is 14.3 Å². The van der Waals surface area contributed by atoms with Crippen molar-refractivity contribution in [3.63, 3.8) is 0 Å². The molecule has 3 aromatic heterocycles. The molecule has 0 saturated heterocycles. The summed E-state index contributed by atoms with van der Waals surface area (Å²) >= 11 is 0. The van der Waals surface area contributed by atoms with Crippen LogP contribution in [-0.2, 0) is 7.05 Å². The number of imidazole rings is 1. The maximum Gasteiger partial charge on any atom is 0.287 e. The molecule has 6 heteroatoms. The Hall–Kier alpha value is -2.63. The van der Waals surface area contributed by atoms with E-state index in [9.17, 15) is 4.79 Å². The fraction of sp³-hybridized carbons (Fsp3) is 0.353. The Bertz CT molecular complexity index is 805. The van der Waals surface area contributed by atoms with Crippen molar-refractivity contribution in [1.82, 2.24) is 19.9 Å². The Morgan fingerprint density at radius 3 is 2.83 bits per heavy atom. The van der Waals surface area contributed by atoms with Gasteiger partial charge in [-0.2, -0.15) is 0 Å². The van der Waals surface area contributed by atoms with Crippen LogP contribution in [-0.4, -0.2) is 20.4 Å². The first-order valence-corrected chi connectivity index (χ1v) is 7.68. The highest BCUT2D eigenvalue weighted by Gasteiger charge is 2.23. The van der Waals surface area contributed by atoms with Crippen molar-refractivity contribution >= 4 is 17.1 Å². The Labute approximate surface area is 134 Å². The minimum absolute atomic E-state index is 0.202. The standard InChI is InChI=1S/C17H20N4O2/c1-11(2)10-13(20-17(22)14-7-5-9-23-14)16-19-12-6-4-8-18-15(12)21(16)3/h4-9,11,13H,10H2,1-3H3,(H,20,22)/t13-/m1/s1. The second-order valence-corrected chi connectivity index (χ2v) is 6.01. The highest BCUT2D eigenvalue weighted by Crippen LogP contribution is 2.24. The lowest BCUT2D eigenvalue weighted by atomic mass is 10.0. The van der Waals surface area contributed by atoms with Crippen LogP contribution in [0.1, 0.15) is 42.7 Å². The monoisotopic (exact) mass is 312 g/mol. The van der Waals surface area contributed by atoms with Gasteiger partial charge in [0.2, 0.25) is 0 Å². The van der Waals surface area contributed by atoms with Crippen LogP contribution in [0.5, 0.6) is 0 Å². The number of aromatic nitrogens is 3. The summed E-state index contributed by atoms with van der Waals surface area (Å²) in [5, 5.41) is 3.03. The van der Waals surface area contributed by atoms with Crippen molar-refractivity contribution in [3.05, 3.63) is 48.3 Å². The van der Waals surface area contributed by atoms with Crippen LogP contribution in [0, 0.1) is 5.92 Å². The van der Waals surface area contributed by atoms with Crippen molar-refractivity contribution in [3.8, 4) is 0 Å². The van der Waals surface area contributed by atoms with Crippen LogP contribution in [0.4, 0.5) is 0 Å². The summed E-state index contributed by atoms with van der Waals surface area (Å²) in [5.41, 5.74) is 1.63. The molecule has 0 aliphatic heterocycles. The van der Waals surface area contributed by atoms with E-state index in [1.807, 2.05) is 23.7 Å². The molecule has 3 rings (SSSR count). The number of hydrogen-bond acceptors (Lipinski definition) is 4. The van der Waals surface area contributed by atoms with Gasteiger partial charge in [-0.3, -0.25) is 4.79 Å². The van der Waals surface area contributed by atoms with Crippen LogP contribution >= 0.6 is 0 Å². The molecule has 1 amide bonds. The zero-order valence-electron chi connectivity index (χ0n) is 13.5. The van der Waals surface area contributed by atoms with E-state index >= 15 is 0 Å². The van der Waals surface area contributed by atoms with E-state index in [1.165, 1.54) is 6.26 Å². The maximum absolute atomic E-state index is 12.3. The Morgan fingerprint density at radius 2 is 2.17 bits per heavy atom. The van der Waals surface area contributed by atoms with Gasteiger partial charge in [0.05, 0.1) is 12.3 Å². The van der Waals surface area contributed by atoms with Gasteiger partial charge in [0.1, 0.15) is 11.3 Å². The number of carbonyl (C=O) groups is 1. The summed E-state index contributed by atoms with van der Waals surface area (Å²) in [5.74, 6) is 1.27. The van der Waals surface area contributed by atoms with Crippen LogP contribution in [0.25, 0.3) is 11.2 Å². The van der Waals surface area contributed by atoms with E-state index in [0.717, 1.165) is 23.4 Å². The number of hydrogen-bond donors (Lipinski definition) is 1. The van der Waals surface area contributed by atoms with Crippen molar-refractivity contribution in [2.45, 2.75) is 26.3 Å². The SMILES string of the molecule is CC(C)C[C@@H](NC(=O)c1ccco1)c1nc2cccnc2n1C. The Morgan fingerprint density at radius 1 is 1.35 bits per heavy atom. The molecule has 0 radical (unpaired) electrons. The molecule has 3 aromatic rings. The molecule has 0 aromatic carbocycles. The molecule has 120 valence electrons. The largest absolute Gasteiger partial charge is 0.459 e. The predicted molar refractivity (Wildman–Crippen MR) is 86.9 cm³/mol. The molecule has 0 unspecified atom stereocenters. The normalized spacial score (nSPS) is 12.7. The first-order valence-electron chi connectivity index (χ1n) is 7.68. The minimum Gasteiger partial charge on any atom is -0.459 e. The molecule has 0 aliphatic rings. The zero-order valence-corrected chi connectivity index (χ0v) is 13.5. The number of fused-ring (bicyclic) bond motifs is 1. The molecule has 0 fully saturated rings. The molecule has 1 atom stereocenters. The van der Waals surface area contributed by atoms with Crippen LogP contribution in [0.2, 0.25) is 0 Å². The quantitative estimate of drug-likeness (QED) is 0.786. The summed E-state index contributed by atoms with van der Waals surface area (Å²) in [6.45, 7) is 4.24. The van der Waals surface area contributed by atoms with Crippen molar-refractivity contribution in [2.75, 3.05) is 0 Å². The molecule has 0 saturated carbocycles. The first kappa shape index (κ1) is 15.3. The van der Waals surface area contributed by atoms with Gasteiger partial charge in [0.25, 0.3) is 5.91 Å². The summed E-state index contributed by atoms with van der Waals surface area (Å²) in [7, 11) is 1.92. The topological polar surface area (TPSA) is 73.0 Å². The number of carbonyl (C=O) groups excluding carboxylic acids is 1. The van der Waals surface area contributed by atoms with E-state index in [1.54, 1.807) is 18.3 Å². The van der Waals surface area contributed by atoms with E-state index in [2.05, 4.69) is 29.1 Å². The number of pyridine rings is 1. The Kier molecular flexibility index (Phi) is 4.14. The molecular formula is C17H20N4O2. The van der Waals surface area contributed by atoms with E-state index in [-0.39, 0.29) is 11.9 Å². The third-order valence-corrected chi connectivity index (χ3v) is 3.73. The third kappa shape index (κ3) is 3.11. The summed E-state index contributed by atoms with van der Waals surface area (Å²) in [6, 6.07) is 6.93. The van der Waals surface area contributed by atoms with Crippen LogP contribution in [0.15, 0.2) is 41.1 Å². The lowest BCUT2D eigenvalue weighted by Crippen LogP contribution is -2.31. The van der Waals surface area contributed by atoms with Crippen molar-refractivity contribution in [1.29, 1.82) is 0 Å². The fourth-order valence-corrected chi connectivity index (χ4v) is 2.69. The zero-order chi connectivity index (χ0) is 16.4. The van der Waals surface area contributed by atoms with Gasteiger partial charge in [0, 0.05) is 13.2 Å². The second-order valence-electron chi connectivity index (χ2n) is 6.01. The van der Waals surface area contributed by atoms with Gasteiger partial charge >= 0.3 is 0 Å². The maximum atomic E-state index is 12.3. The van der Waals surface area contributed by atoms with Gasteiger partial charge in [-0.05, 0) is 36.6 Å². The molecule has 6 nitrogen and oxygen atoms in total.